The van der Waals surface area contributed by atoms with Gasteiger partial charge in [-0.3, -0.25) is 4.79 Å². The van der Waals surface area contributed by atoms with E-state index in [1.807, 2.05) is 0 Å². The van der Waals surface area contributed by atoms with Crippen LogP contribution in [0, 0.1) is 0 Å². The van der Waals surface area contributed by atoms with Crippen molar-refractivity contribution in [3.8, 4) is 0 Å². The molecule has 0 aromatic rings. The van der Waals surface area contributed by atoms with Crippen molar-refractivity contribution < 1.29 is 128 Å². The summed E-state index contributed by atoms with van der Waals surface area (Å²) in [6.07, 6.45) is -0.0100. The van der Waals surface area contributed by atoms with Crippen molar-refractivity contribution in [1.29, 1.82) is 0 Å². The summed E-state index contributed by atoms with van der Waals surface area (Å²) in [5.41, 5.74) is 5.35. The maximum absolute atomic E-state index is 10.4. The van der Waals surface area contributed by atoms with Crippen molar-refractivity contribution in [2.24, 2.45) is 5.73 Å². The molecule has 0 rings (SSSR count). The highest BCUT2D eigenvalue weighted by atomic mass is 35.5. The van der Waals surface area contributed by atoms with Gasteiger partial charge in [-0.1, -0.05) is 0 Å². The molecule has 82 heavy (non-hydrogen) atoms. The van der Waals surface area contributed by atoms with Gasteiger partial charge in [-0.2, -0.15) is 0 Å². The van der Waals surface area contributed by atoms with E-state index in [2.05, 4.69) is 0 Å². The number of nitrogens with two attached hydrogens (primary N) is 1. The van der Waals surface area contributed by atoms with Gasteiger partial charge in [0, 0.05) is 6.54 Å². The highest BCUT2D eigenvalue weighted by Gasteiger charge is 2.01. The summed E-state index contributed by atoms with van der Waals surface area (Å²) in [7, 11) is 0. The quantitative estimate of drug-likeness (QED) is 0.0772. The first kappa shape index (κ1) is 82.8. The number of hydrogen-bond donors (Lipinski definition) is 2. The molecule has 0 atom stereocenters. The van der Waals surface area contributed by atoms with Gasteiger partial charge in [-0.25, -0.2) is 0 Å². The Kier molecular flexibility index (Phi) is 80.5. The Bertz CT molecular complexity index is 1140. The van der Waals surface area contributed by atoms with Crippen molar-refractivity contribution in [3.63, 3.8) is 0 Å². The Labute approximate surface area is 494 Å². The van der Waals surface area contributed by atoms with Gasteiger partial charge in [-0.15, -0.1) is 12.4 Å². The molecule has 3 N–H and O–H groups in total. The molecule has 29 heteroatoms. The van der Waals surface area contributed by atoms with Crippen molar-refractivity contribution >= 4 is 18.4 Å². The lowest BCUT2D eigenvalue weighted by Crippen LogP contribution is -2.16. The highest BCUT2D eigenvalue weighted by molar-refractivity contribution is 5.85. The van der Waals surface area contributed by atoms with E-state index in [1.165, 1.54) is 0 Å². The van der Waals surface area contributed by atoms with Crippen molar-refractivity contribution in [1.82, 2.24) is 0 Å². The van der Waals surface area contributed by atoms with E-state index < -0.39 is 5.97 Å². The molecule has 28 nitrogen and oxygen atoms in total. The van der Waals surface area contributed by atoms with E-state index in [4.69, 9.17) is 129 Å². The molecule has 0 aliphatic rings. The number of aliphatic carboxylic acids is 1. The summed E-state index contributed by atoms with van der Waals surface area (Å²) in [5.74, 6) is -0.880. The molecule has 0 fully saturated rings. The third kappa shape index (κ3) is 80.8. The molecule has 0 aromatic heterocycles. The third-order valence-electron chi connectivity index (χ3n) is 9.65. The van der Waals surface area contributed by atoms with E-state index in [1.54, 1.807) is 0 Å². The zero-order valence-electron chi connectivity index (χ0n) is 49.3. The monoisotopic (exact) mass is 1230 g/mol. The third-order valence-corrected chi connectivity index (χ3v) is 9.65. The number of carbonyl (C=O) groups is 1. The maximum Gasteiger partial charge on any atom is 0.305 e. The highest BCUT2D eigenvalue weighted by Crippen LogP contribution is 1.92. The van der Waals surface area contributed by atoms with Gasteiger partial charge >= 0.3 is 5.97 Å². The van der Waals surface area contributed by atoms with Crippen molar-refractivity contribution in [2.75, 3.05) is 337 Å². The molecule has 0 heterocycles. The van der Waals surface area contributed by atoms with E-state index in [0.717, 1.165) is 0 Å². The molecule has 0 radical (unpaired) electrons. The predicted molar refractivity (Wildman–Crippen MR) is 299 cm³/mol. The Morgan fingerprint density at radius 2 is 0.268 bits per heavy atom. The second kappa shape index (κ2) is 79.7. The first-order valence-corrected chi connectivity index (χ1v) is 28.6. The molecule has 0 aromatic carbocycles. The van der Waals surface area contributed by atoms with Crippen molar-refractivity contribution in [3.05, 3.63) is 0 Å². The molecule has 0 amide bonds. The Morgan fingerprint density at radius 3 is 0.354 bits per heavy atom. The van der Waals surface area contributed by atoms with Gasteiger partial charge in [-0.05, 0) is 0 Å². The lowest BCUT2D eigenvalue weighted by atomic mass is 10.5. The zero-order valence-corrected chi connectivity index (χ0v) is 50.1. The van der Waals surface area contributed by atoms with Crippen LogP contribution in [0.5, 0.6) is 0 Å². The topological polar surface area (TPSA) is 294 Å². The first-order chi connectivity index (χ1) is 40.3. The summed E-state index contributed by atoms with van der Waals surface area (Å²) < 4.78 is 136. The SMILES string of the molecule is Cl.NCCOCCOCCOCCOCCOCCOCCOCCOCCOCCOCCOCCOCCOCCOCCOCCOCCOCCOCCOCCOCCOCCOCCOCCOCCOCCC(=O)O. The van der Waals surface area contributed by atoms with Crippen LogP contribution in [0.1, 0.15) is 6.42 Å². The minimum atomic E-state index is -0.880. The molecular weight excluding hydrogens is 1120 g/mol. The van der Waals surface area contributed by atoms with Gasteiger partial charge in [0.15, 0.2) is 0 Å². The maximum atomic E-state index is 10.4. The number of ether oxygens (including phenoxy) is 25. The fraction of sp³-hybridized carbons (Fsp3) is 0.981. The summed E-state index contributed by atoms with van der Waals surface area (Å²) in [6.45, 7) is 24.3. The molecule has 494 valence electrons. The molecular formula is C53H108ClNO27. The van der Waals surface area contributed by atoms with E-state index in [0.29, 0.717) is 330 Å². The van der Waals surface area contributed by atoms with Gasteiger partial charge < -0.3 is 129 Å². The normalized spacial score (nSPS) is 11.6. The minimum Gasteiger partial charge on any atom is -0.481 e. The van der Waals surface area contributed by atoms with Crippen LogP contribution in [0.15, 0.2) is 0 Å². The molecule has 0 aliphatic heterocycles. The van der Waals surface area contributed by atoms with E-state index in [9.17, 15) is 4.79 Å². The zero-order chi connectivity index (χ0) is 58.0. The van der Waals surface area contributed by atoms with Crippen LogP contribution in [-0.4, -0.2) is 348 Å². The molecule has 0 saturated carbocycles. The first-order valence-electron chi connectivity index (χ1n) is 28.6. The number of hydrogen-bond acceptors (Lipinski definition) is 27. The van der Waals surface area contributed by atoms with Crippen LogP contribution in [-0.2, 0) is 123 Å². The van der Waals surface area contributed by atoms with Crippen LogP contribution >= 0.6 is 12.4 Å². The van der Waals surface area contributed by atoms with Gasteiger partial charge in [0.1, 0.15) is 0 Å². The van der Waals surface area contributed by atoms with Crippen LogP contribution in [0.2, 0.25) is 0 Å². The summed E-state index contributed by atoms with van der Waals surface area (Å²) >= 11 is 0. The van der Waals surface area contributed by atoms with Gasteiger partial charge in [0.2, 0.25) is 0 Å². The largest absolute Gasteiger partial charge is 0.481 e. The Balaban J connectivity index is 0. The Hall–Kier alpha value is -1.28. The average Bonchev–Trinajstić information content (AvgIpc) is 3.47. The van der Waals surface area contributed by atoms with E-state index >= 15 is 0 Å². The van der Waals surface area contributed by atoms with Crippen LogP contribution in [0.4, 0.5) is 0 Å². The number of carboxylic acid groups (broad SMARTS) is 1. The second-order valence-corrected chi connectivity index (χ2v) is 16.2. The molecule has 0 aliphatic carbocycles. The van der Waals surface area contributed by atoms with E-state index in [-0.39, 0.29) is 25.4 Å². The minimum absolute atomic E-state index is 0. The smallest absolute Gasteiger partial charge is 0.305 e. The van der Waals surface area contributed by atoms with Crippen LogP contribution in [0.25, 0.3) is 0 Å². The molecule has 0 unspecified atom stereocenters. The number of halogens is 1. The fourth-order valence-electron chi connectivity index (χ4n) is 5.62. The molecule has 0 bridgehead atoms. The summed E-state index contributed by atoms with van der Waals surface area (Å²) in [5, 5.41) is 8.52. The summed E-state index contributed by atoms with van der Waals surface area (Å²) in [4.78, 5) is 10.4. The fourth-order valence-corrected chi connectivity index (χ4v) is 5.62. The summed E-state index contributed by atoms with van der Waals surface area (Å²) in [6, 6.07) is 0. The standard InChI is InChI=1S/C53H107NO27.ClH/c54-2-4-58-6-8-60-10-12-62-14-16-64-18-20-66-22-24-68-26-28-70-30-32-72-34-36-74-38-40-76-42-44-78-46-48-80-50-52-81-51-49-79-47-45-77-43-41-75-39-37-73-35-33-71-31-29-69-27-25-67-23-21-65-19-17-63-15-13-61-11-9-59-7-5-57-3-1-53(55)56;/h1-52,54H2,(H,55,56);1H. The van der Waals surface area contributed by atoms with Crippen molar-refractivity contribution in [2.45, 2.75) is 6.42 Å². The molecule has 0 saturated heterocycles. The second-order valence-electron chi connectivity index (χ2n) is 16.2. The lowest BCUT2D eigenvalue weighted by molar-refractivity contribution is -0.138. The van der Waals surface area contributed by atoms with Crippen LogP contribution in [0.3, 0.4) is 0 Å². The average molecular weight is 1230 g/mol. The lowest BCUT2D eigenvalue weighted by Gasteiger charge is -2.09. The molecule has 0 spiro atoms. The number of carboxylic acids is 1. The predicted octanol–water partition coefficient (Wildman–Crippen LogP) is 0.257. The number of rotatable bonds is 77. The van der Waals surface area contributed by atoms with Gasteiger partial charge in [0.05, 0.1) is 337 Å². The van der Waals surface area contributed by atoms with Gasteiger partial charge in [0.25, 0.3) is 0 Å². The van der Waals surface area contributed by atoms with Crippen LogP contribution < -0.4 is 5.73 Å². The Morgan fingerprint density at radius 1 is 0.183 bits per heavy atom.